The van der Waals surface area contributed by atoms with Gasteiger partial charge in [0.25, 0.3) is 0 Å². The highest BCUT2D eigenvalue weighted by atomic mass is 15.0. The van der Waals surface area contributed by atoms with Crippen LogP contribution in [0.4, 0.5) is 0 Å². The highest BCUT2D eigenvalue weighted by Gasteiger charge is 2.03. The van der Waals surface area contributed by atoms with Crippen LogP contribution in [-0.2, 0) is 6.54 Å². The second-order valence-electron chi connectivity index (χ2n) is 4.09. The molecule has 3 rings (SSSR count). The summed E-state index contributed by atoms with van der Waals surface area (Å²) in [5.74, 6) is 1.03. The molecule has 0 saturated heterocycles. The smallest absolute Gasteiger partial charge is 0.105 e. The summed E-state index contributed by atoms with van der Waals surface area (Å²) in [4.78, 5) is 8.61. The number of para-hydroxylation sites is 1. The Morgan fingerprint density at radius 1 is 1.06 bits per heavy atom. The van der Waals surface area contributed by atoms with E-state index in [0.717, 1.165) is 17.9 Å². The lowest BCUT2D eigenvalue weighted by molar-refractivity contribution is 0.765. The highest BCUT2D eigenvalue weighted by molar-refractivity contribution is 5.81. The lowest BCUT2D eigenvalue weighted by atomic mass is 10.1. The van der Waals surface area contributed by atoms with E-state index in [-0.39, 0.29) is 0 Å². The third-order valence-corrected chi connectivity index (χ3v) is 3.00. The van der Waals surface area contributed by atoms with Crippen molar-refractivity contribution in [1.29, 1.82) is 0 Å². The number of pyridine rings is 1. The maximum atomic E-state index is 4.37. The molecule has 2 aromatic heterocycles. The van der Waals surface area contributed by atoms with Gasteiger partial charge in [0, 0.05) is 30.5 Å². The van der Waals surface area contributed by atoms with Gasteiger partial charge in [-0.3, -0.25) is 4.98 Å². The van der Waals surface area contributed by atoms with Crippen LogP contribution in [0, 0.1) is 6.92 Å². The summed E-state index contributed by atoms with van der Waals surface area (Å²) < 4.78 is 2.14. The molecule has 84 valence electrons. The van der Waals surface area contributed by atoms with E-state index in [2.05, 4.69) is 26.7 Å². The number of benzene rings is 1. The van der Waals surface area contributed by atoms with E-state index < -0.39 is 0 Å². The van der Waals surface area contributed by atoms with Crippen LogP contribution >= 0.6 is 0 Å². The van der Waals surface area contributed by atoms with Crippen molar-refractivity contribution >= 4 is 10.9 Å². The molecule has 17 heavy (non-hydrogen) atoms. The average molecular weight is 223 g/mol. The van der Waals surface area contributed by atoms with Crippen molar-refractivity contribution in [3.8, 4) is 0 Å². The second kappa shape index (κ2) is 4.01. The van der Waals surface area contributed by atoms with E-state index in [1.807, 2.05) is 43.7 Å². The zero-order valence-electron chi connectivity index (χ0n) is 9.67. The van der Waals surface area contributed by atoms with Crippen molar-refractivity contribution in [2.45, 2.75) is 13.5 Å². The van der Waals surface area contributed by atoms with E-state index in [1.54, 1.807) is 0 Å². The Labute approximate surface area is 99.8 Å². The molecule has 0 atom stereocenters. The van der Waals surface area contributed by atoms with E-state index in [1.165, 1.54) is 10.9 Å². The Morgan fingerprint density at radius 3 is 2.76 bits per heavy atom. The monoisotopic (exact) mass is 223 g/mol. The van der Waals surface area contributed by atoms with Gasteiger partial charge >= 0.3 is 0 Å². The number of aromatic nitrogens is 3. The summed E-state index contributed by atoms with van der Waals surface area (Å²) in [6.07, 6.45) is 5.70. The topological polar surface area (TPSA) is 30.7 Å². The summed E-state index contributed by atoms with van der Waals surface area (Å²) in [7, 11) is 0. The molecule has 1 aromatic carbocycles. The minimum Gasteiger partial charge on any atom is -0.331 e. The van der Waals surface area contributed by atoms with Crippen molar-refractivity contribution in [1.82, 2.24) is 14.5 Å². The average Bonchev–Trinajstić information content (AvgIpc) is 2.76. The van der Waals surface area contributed by atoms with Crippen molar-refractivity contribution in [2.75, 3.05) is 0 Å². The molecule has 3 nitrogen and oxygen atoms in total. The van der Waals surface area contributed by atoms with Gasteiger partial charge in [-0.2, -0.15) is 0 Å². The zero-order valence-corrected chi connectivity index (χ0v) is 9.67. The van der Waals surface area contributed by atoms with Crippen LogP contribution in [0.3, 0.4) is 0 Å². The van der Waals surface area contributed by atoms with Crippen LogP contribution in [0.25, 0.3) is 10.9 Å². The lowest BCUT2D eigenvalue weighted by Crippen LogP contribution is -2.01. The largest absolute Gasteiger partial charge is 0.331 e. The van der Waals surface area contributed by atoms with Crippen LogP contribution < -0.4 is 0 Å². The van der Waals surface area contributed by atoms with E-state index in [9.17, 15) is 0 Å². The predicted octanol–water partition coefficient (Wildman–Crippen LogP) is 2.79. The summed E-state index contributed by atoms with van der Waals surface area (Å²) >= 11 is 0. The first-order valence-electron chi connectivity index (χ1n) is 5.65. The molecule has 0 saturated carbocycles. The molecular weight excluding hydrogens is 210 g/mol. The fourth-order valence-corrected chi connectivity index (χ4v) is 2.05. The fraction of sp³-hybridized carbons (Fsp3) is 0.143. The fourth-order valence-electron chi connectivity index (χ4n) is 2.05. The Morgan fingerprint density at radius 2 is 1.94 bits per heavy atom. The number of fused-ring (bicyclic) bond motifs is 1. The number of nitrogens with zero attached hydrogens (tertiary/aromatic N) is 3. The minimum absolute atomic E-state index is 0.842. The maximum Gasteiger partial charge on any atom is 0.105 e. The number of aryl methyl sites for hydroxylation is 1. The molecule has 0 radical (unpaired) electrons. The summed E-state index contributed by atoms with van der Waals surface area (Å²) in [5, 5.41) is 1.21. The van der Waals surface area contributed by atoms with Crippen LogP contribution in [0.1, 0.15) is 11.4 Å². The Bertz CT molecular complexity index is 650. The SMILES string of the molecule is Cc1nccn1Cc1ccnc2ccccc12. The van der Waals surface area contributed by atoms with E-state index in [4.69, 9.17) is 0 Å². The normalized spacial score (nSPS) is 10.9. The van der Waals surface area contributed by atoms with Gasteiger partial charge in [0.1, 0.15) is 5.82 Å². The molecule has 3 aromatic rings. The molecule has 0 N–H and O–H groups in total. The Kier molecular flexibility index (Phi) is 2.37. The van der Waals surface area contributed by atoms with Crippen LogP contribution in [-0.4, -0.2) is 14.5 Å². The number of hydrogen-bond acceptors (Lipinski definition) is 2. The first kappa shape index (κ1) is 10.0. The molecule has 0 aliphatic carbocycles. The van der Waals surface area contributed by atoms with Gasteiger partial charge in [0.05, 0.1) is 5.52 Å². The zero-order chi connectivity index (χ0) is 11.7. The van der Waals surface area contributed by atoms with Gasteiger partial charge in [-0.1, -0.05) is 18.2 Å². The molecule has 0 aliphatic heterocycles. The minimum atomic E-state index is 0.842. The van der Waals surface area contributed by atoms with Crippen LogP contribution in [0.15, 0.2) is 48.9 Å². The van der Waals surface area contributed by atoms with E-state index in [0.29, 0.717) is 0 Å². The molecule has 0 spiro atoms. The first-order chi connectivity index (χ1) is 8.34. The summed E-state index contributed by atoms with van der Waals surface area (Å²) in [6.45, 7) is 2.86. The van der Waals surface area contributed by atoms with Gasteiger partial charge < -0.3 is 4.57 Å². The van der Waals surface area contributed by atoms with Crippen molar-refractivity contribution in [3.05, 3.63) is 60.3 Å². The third-order valence-electron chi connectivity index (χ3n) is 3.00. The maximum absolute atomic E-state index is 4.37. The number of imidazole rings is 1. The molecule has 0 fully saturated rings. The molecule has 2 heterocycles. The molecule has 0 bridgehead atoms. The van der Waals surface area contributed by atoms with Crippen molar-refractivity contribution < 1.29 is 0 Å². The molecule has 3 heteroatoms. The summed E-state index contributed by atoms with van der Waals surface area (Å²) in [6, 6.07) is 10.3. The van der Waals surface area contributed by atoms with Gasteiger partial charge in [-0.05, 0) is 24.6 Å². The van der Waals surface area contributed by atoms with Crippen LogP contribution in [0.5, 0.6) is 0 Å². The Balaban J connectivity index is 2.09. The molecule has 0 aliphatic rings. The standard InChI is InChI=1S/C14H13N3/c1-11-15-8-9-17(11)10-12-6-7-16-14-5-3-2-4-13(12)14/h2-9H,10H2,1H3. The summed E-state index contributed by atoms with van der Waals surface area (Å²) in [5.41, 5.74) is 2.32. The van der Waals surface area contributed by atoms with Gasteiger partial charge in [0.2, 0.25) is 0 Å². The van der Waals surface area contributed by atoms with Gasteiger partial charge in [-0.15, -0.1) is 0 Å². The van der Waals surface area contributed by atoms with Gasteiger partial charge in [-0.25, -0.2) is 4.98 Å². The molecule has 0 amide bonds. The van der Waals surface area contributed by atoms with Crippen molar-refractivity contribution in [3.63, 3.8) is 0 Å². The van der Waals surface area contributed by atoms with E-state index >= 15 is 0 Å². The number of hydrogen-bond donors (Lipinski definition) is 0. The van der Waals surface area contributed by atoms with Crippen molar-refractivity contribution in [2.24, 2.45) is 0 Å². The predicted molar refractivity (Wildman–Crippen MR) is 67.8 cm³/mol. The molecular formula is C14H13N3. The van der Waals surface area contributed by atoms with Crippen LogP contribution in [0.2, 0.25) is 0 Å². The third kappa shape index (κ3) is 1.80. The van der Waals surface area contributed by atoms with Gasteiger partial charge in [0.15, 0.2) is 0 Å². The number of rotatable bonds is 2. The first-order valence-corrected chi connectivity index (χ1v) is 5.65. The second-order valence-corrected chi connectivity index (χ2v) is 4.09. The lowest BCUT2D eigenvalue weighted by Gasteiger charge is -2.08. The Hall–Kier alpha value is -2.16. The molecule has 0 unspecified atom stereocenters. The highest BCUT2D eigenvalue weighted by Crippen LogP contribution is 2.17. The quantitative estimate of drug-likeness (QED) is 0.668.